The Bertz CT molecular complexity index is 457. The van der Waals surface area contributed by atoms with E-state index in [9.17, 15) is 0 Å². The molecule has 0 spiro atoms. The fraction of sp³-hybridized carbons (Fsp3) is 0.385. The summed E-state index contributed by atoms with van der Waals surface area (Å²) < 4.78 is 0. The highest BCUT2D eigenvalue weighted by molar-refractivity contribution is 5.86. The molecule has 0 bridgehead atoms. The van der Waals surface area contributed by atoms with Crippen LogP contribution in [0, 0.1) is 6.92 Å². The minimum atomic E-state index is 0.267. The van der Waals surface area contributed by atoms with Gasteiger partial charge in [0.05, 0.1) is 0 Å². The topological polar surface area (TPSA) is 41.8 Å². The normalized spacial score (nSPS) is 13.3. The zero-order chi connectivity index (χ0) is 10.8. The number of rotatable bonds is 3. The van der Waals surface area contributed by atoms with Crippen LogP contribution in [0.4, 0.5) is 0 Å². The molecule has 0 aliphatic rings. The van der Waals surface area contributed by atoms with Gasteiger partial charge in [0.2, 0.25) is 0 Å². The molecule has 2 aromatic rings. The predicted octanol–water partition coefficient (Wildman–Crippen LogP) is 2.76. The second-order valence-electron chi connectivity index (χ2n) is 4.18. The standard InChI is InChI=1S/C13H18N2/c1-3-11(14)7-10-8-15-12-6-4-5-9(2)13(10)12/h4-6,8,11,15H,3,7,14H2,1-2H3/t11-/m1/s1. The third-order valence-corrected chi connectivity index (χ3v) is 3.00. The number of aryl methyl sites for hydroxylation is 1. The third-order valence-electron chi connectivity index (χ3n) is 3.00. The number of aromatic nitrogens is 1. The molecule has 1 aromatic heterocycles. The maximum atomic E-state index is 5.99. The highest BCUT2D eigenvalue weighted by Gasteiger charge is 2.08. The fourth-order valence-electron chi connectivity index (χ4n) is 2.04. The average Bonchev–Trinajstić information content (AvgIpc) is 2.63. The zero-order valence-electron chi connectivity index (χ0n) is 9.38. The number of benzene rings is 1. The predicted molar refractivity (Wildman–Crippen MR) is 65.0 cm³/mol. The zero-order valence-corrected chi connectivity index (χ0v) is 9.38. The number of fused-ring (bicyclic) bond motifs is 1. The average molecular weight is 202 g/mol. The Hall–Kier alpha value is -1.28. The van der Waals surface area contributed by atoms with E-state index in [0.29, 0.717) is 0 Å². The SMILES string of the molecule is CC[C@@H](N)Cc1c[nH]c2cccc(C)c12. The van der Waals surface area contributed by atoms with Crippen LogP contribution in [0.15, 0.2) is 24.4 Å². The van der Waals surface area contributed by atoms with Crippen LogP contribution in [0.25, 0.3) is 10.9 Å². The van der Waals surface area contributed by atoms with E-state index in [0.717, 1.165) is 12.8 Å². The second kappa shape index (κ2) is 4.07. The Kier molecular flexibility index (Phi) is 2.78. The molecule has 1 atom stereocenters. The van der Waals surface area contributed by atoms with E-state index in [1.54, 1.807) is 0 Å². The molecule has 0 aliphatic heterocycles. The molecule has 80 valence electrons. The number of hydrogen-bond donors (Lipinski definition) is 2. The maximum Gasteiger partial charge on any atom is 0.0459 e. The number of nitrogens with one attached hydrogen (secondary N) is 1. The monoisotopic (exact) mass is 202 g/mol. The molecular weight excluding hydrogens is 184 g/mol. The molecule has 0 amide bonds. The van der Waals surface area contributed by atoms with Crippen LogP contribution in [0.1, 0.15) is 24.5 Å². The van der Waals surface area contributed by atoms with Crippen LogP contribution >= 0.6 is 0 Å². The lowest BCUT2D eigenvalue weighted by molar-refractivity contribution is 0.648. The minimum Gasteiger partial charge on any atom is -0.361 e. The Morgan fingerprint density at radius 3 is 2.93 bits per heavy atom. The summed E-state index contributed by atoms with van der Waals surface area (Å²) in [4.78, 5) is 3.30. The van der Waals surface area contributed by atoms with Gasteiger partial charge in [-0.1, -0.05) is 19.1 Å². The van der Waals surface area contributed by atoms with Gasteiger partial charge < -0.3 is 10.7 Å². The van der Waals surface area contributed by atoms with Crippen LogP contribution in [-0.4, -0.2) is 11.0 Å². The molecule has 1 heterocycles. The van der Waals surface area contributed by atoms with Crippen LogP contribution in [0.5, 0.6) is 0 Å². The van der Waals surface area contributed by atoms with Gasteiger partial charge in [-0.15, -0.1) is 0 Å². The van der Waals surface area contributed by atoms with Gasteiger partial charge in [0, 0.05) is 23.1 Å². The summed E-state index contributed by atoms with van der Waals surface area (Å²) in [5.74, 6) is 0. The van der Waals surface area contributed by atoms with Gasteiger partial charge >= 0.3 is 0 Å². The van der Waals surface area contributed by atoms with Crippen molar-refractivity contribution in [2.45, 2.75) is 32.7 Å². The van der Waals surface area contributed by atoms with Crippen molar-refractivity contribution < 1.29 is 0 Å². The van der Waals surface area contributed by atoms with E-state index in [-0.39, 0.29) is 6.04 Å². The van der Waals surface area contributed by atoms with Gasteiger partial charge in [0.1, 0.15) is 0 Å². The maximum absolute atomic E-state index is 5.99. The van der Waals surface area contributed by atoms with E-state index < -0.39 is 0 Å². The molecule has 0 saturated carbocycles. The summed E-state index contributed by atoms with van der Waals surface area (Å²) in [7, 11) is 0. The summed E-state index contributed by atoms with van der Waals surface area (Å²) in [6, 6.07) is 6.61. The van der Waals surface area contributed by atoms with E-state index in [1.165, 1.54) is 22.0 Å². The van der Waals surface area contributed by atoms with Crippen molar-refractivity contribution in [3.8, 4) is 0 Å². The summed E-state index contributed by atoms with van der Waals surface area (Å²) in [5.41, 5.74) is 9.88. The summed E-state index contributed by atoms with van der Waals surface area (Å²) in [5, 5.41) is 1.35. The van der Waals surface area contributed by atoms with Crippen LogP contribution in [0.2, 0.25) is 0 Å². The van der Waals surface area contributed by atoms with Crippen LogP contribution in [0.3, 0.4) is 0 Å². The quantitative estimate of drug-likeness (QED) is 0.789. The van der Waals surface area contributed by atoms with Crippen molar-refractivity contribution in [3.63, 3.8) is 0 Å². The molecule has 0 fully saturated rings. The van der Waals surface area contributed by atoms with Crippen molar-refractivity contribution in [2.75, 3.05) is 0 Å². The smallest absolute Gasteiger partial charge is 0.0459 e. The number of nitrogens with two attached hydrogens (primary N) is 1. The van der Waals surface area contributed by atoms with Gasteiger partial charge in [-0.2, -0.15) is 0 Å². The highest BCUT2D eigenvalue weighted by Crippen LogP contribution is 2.23. The summed E-state index contributed by atoms with van der Waals surface area (Å²) in [6.45, 7) is 4.28. The first-order valence-electron chi connectivity index (χ1n) is 5.53. The highest BCUT2D eigenvalue weighted by atomic mass is 14.7. The Morgan fingerprint density at radius 1 is 1.40 bits per heavy atom. The molecule has 2 rings (SSSR count). The Morgan fingerprint density at radius 2 is 2.20 bits per heavy atom. The first-order valence-corrected chi connectivity index (χ1v) is 5.53. The molecule has 1 aromatic carbocycles. The molecule has 0 radical (unpaired) electrons. The second-order valence-corrected chi connectivity index (χ2v) is 4.18. The largest absolute Gasteiger partial charge is 0.361 e. The van der Waals surface area contributed by atoms with Crippen molar-refractivity contribution in [3.05, 3.63) is 35.5 Å². The van der Waals surface area contributed by atoms with Gasteiger partial charge in [0.25, 0.3) is 0 Å². The lowest BCUT2D eigenvalue weighted by atomic mass is 10.0. The number of hydrogen-bond acceptors (Lipinski definition) is 1. The van der Waals surface area contributed by atoms with Gasteiger partial charge in [0.15, 0.2) is 0 Å². The first-order chi connectivity index (χ1) is 7.22. The molecular formula is C13H18N2. The van der Waals surface area contributed by atoms with Gasteiger partial charge in [-0.25, -0.2) is 0 Å². The van der Waals surface area contributed by atoms with Crippen molar-refractivity contribution >= 4 is 10.9 Å². The van der Waals surface area contributed by atoms with E-state index in [4.69, 9.17) is 5.73 Å². The third kappa shape index (κ3) is 1.90. The van der Waals surface area contributed by atoms with Crippen molar-refractivity contribution in [1.29, 1.82) is 0 Å². The van der Waals surface area contributed by atoms with Gasteiger partial charge in [-0.3, -0.25) is 0 Å². The van der Waals surface area contributed by atoms with Crippen molar-refractivity contribution in [1.82, 2.24) is 4.98 Å². The molecule has 0 saturated heterocycles. The van der Waals surface area contributed by atoms with E-state index in [2.05, 4.69) is 43.2 Å². The summed E-state index contributed by atoms with van der Waals surface area (Å²) >= 11 is 0. The van der Waals surface area contributed by atoms with Crippen LogP contribution in [-0.2, 0) is 6.42 Å². The lowest BCUT2D eigenvalue weighted by Crippen LogP contribution is -2.21. The molecule has 15 heavy (non-hydrogen) atoms. The molecule has 0 aliphatic carbocycles. The number of aromatic amines is 1. The first kappa shape index (κ1) is 10.2. The van der Waals surface area contributed by atoms with Crippen molar-refractivity contribution in [2.24, 2.45) is 5.73 Å². The van der Waals surface area contributed by atoms with E-state index >= 15 is 0 Å². The molecule has 2 heteroatoms. The molecule has 0 unspecified atom stereocenters. The van der Waals surface area contributed by atoms with Crippen LogP contribution < -0.4 is 5.73 Å². The summed E-state index contributed by atoms with van der Waals surface area (Å²) in [6.07, 6.45) is 4.08. The Labute approximate surface area is 90.5 Å². The molecule has 3 N–H and O–H groups in total. The minimum absolute atomic E-state index is 0.267. The fourth-order valence-corrected chi connectivity index (χ4v) is 2.04. The van der Waals surface area contributed by atoms with Gasteiger partial charge in [-0.05, 0) is 37.0 Å². The Balaban J connectivity index is 2.43. The number of H-pyrrole nitrogens is 1. The molecule has 2 nitrogen and oxygen atoms in total. The van der Waals surface area contributed by atoms with E-state index in [1.807, 2.05) is 0 Å². The lowest BCUT2D eigenvalue weighted by Gasteiger charge is -2.08.